The molecule has 122 valence electrons. The molecule has 0 spiro atoms. The van der Waals surface area contributed by atoms with Crippen molar-refractivity contribution >= 4 is 5.91 Å². The summed E-state index contributed by atoms with van der Waals surface area (Å²) in [7, 11) is 0. The summed E-state index contributed by atoms with van der Waals surface area (Å²) in [6.07, 6.45) is 3.46. The Bertz CT molecular complexity index is 463. The summed E-state index contributed by atoms with van der Waals surface area (Å²) in [6.45, 7) is 5.51. The van der Waals surface area contributed by atoms with Crippen LogP contribution in [0.4, 0.5) is 0 Å². The Morgan fingerprint density at radius 2 is 2.09 bits per heavy atom. The average molecular weight is 304 g/mol. The van der Waals surface area contributed by atoms with E-state index in [1.54, 1.807) is 0 Å². The van der Waals surface area contributed by atoms with E-state index in [9.17, 15) is 4.79 Å². The Morgan fingerprint density at radius 3 is 2.68 bits per heavy atom. The number of rotatable bonds is 7. The van der Waals surface area contributed by atoms with Gasteiger partial charge in [0.1, 0.15) is 6.10 Å². The predicted octanol–water partition coefficient (Wildman–Crippen LogP) is 2.88. The van der Waals surface area contributed by atoms with Crippen molar-refractivity contribution in [3.63, 3.8) is 0 Å². The molecule has 0 radical (unpaired) electrons. The smallest absolute Gasteiger partial charge is 0.252 e. The lowest BCUT2D eigenvalue weighted by molar-refractivity contribution is -0.145. The SMILES string of the molecule is CCCCN(C(=O)[C@@H]1CC[C@H](CN)O1)C(C)c1ccccc1. The summed E-state index contributed by atoms with van der Waals surface area (Å²) in [5, 5.41) is 0. The normalized spacial score (nSPS) is 22.5. The first-order chi connectivity index (χ1) is 10.7. The highest BCUT2D eigenvalue weighted by Gasteiger charge is 2.34. The number of unbranched alkanes of at least 4 members (excludes halogenated alkanes) is 1. The molecule has 4 heteroatoms. The number of nitrogens with zero attached hydrogens (tertiary/aromatic N) is 1. The number of nitrogens with two attached hydrogens (primary N) is 1. The second kappa shape index (κ2) is 8.30. The first-order valence-corrected chi connectivity index (χ1v) is 8.38. The van der Waals surface area contributed by atoms with E-state index in [2.05, 4.69) is 26.0 Å². The van der Waals surface area contributed by atoms with Crippen LogP contribution in [0.2, 0.25) is 0 Å². The largest absolute Gasteiger partial charge is 0.364 e. The molecule has 1 aromatic rings. The number of ether oxygens (including phenoxy) is 1. The van der Waals surface area contributed by atoms with Gasteiger partial charge in [0, 0.05) is 13.1 Å². The molecule has 1 saturated heterocycles. The summed E-state index contributed by atoms with van der Waals surface area (Å²) in [4.78, 5) is 14.9. The molecule has 1 fully saturated rings. The molecule has 0 saturated carbocycles. The van der Waals surface area contributed by atoms with Crippen LogP contribution in [0.3, 0.4) is 0 Å². The molecule has 2 N–H and O–H groups in total. The van der Waals surface area contributed by atoms with Gasteiger partial charge >= 0.3 is 0 Å². The van der Waals surface area contributed by atoms with Crippen LogP contribution in [-0.2, 0) is 9.53 Å². The number of hydrogen-bond donors (Lipinski definition) is 1. The van der Waals surface area contributed by atoms with Gasteiger partial charge in [-0.15, -0.1) is 0 Å². The average Bonchev–Trinajstić information content (AvgIpc) is 3.04. The zero-order valence-corrected chi connectivity index (χ0v) is 13.7. The van der Waals surface area contributed by atoms with Gasteiger partial charge in [0.25, 0.3) is 5.91 Å². The van der Waals surface area contributed by atoms with Crippen LogP contribution in [0.5, 0.6) is 0 Å². The molecule has 0 bridgehead atoms. The monoisotopic (exact) mass is 304 g/mol. The minimum Gasteiger partial charge on any atom is -0.364 e. The molecule has 2 rings (SSSR count). The maximum Gasteiger partial charge on any atom is 0.252 e. The van der Waals surface area contributed by atoms with E-state index in [4.69, 9.17) is 10.5 Å². The molecule has 1 heterocycles. The van der Waals surface area contributed by atoms with Gasteiger partial charge in [-0.1, -0.05) is 43.7 Å². The molecular formula is C18H28N2O2. The fraction of sp³-hybridized carbons (Fsp3) is 0.611. The number of benzene rings is 1. The Labute approximate surface area is 133 Å². The first kappa shape index (κ1) is 17.0. The van der Waals surface area contributed by atoms with Crippen molar-refractivity contribution in [3.8, 4) is 0 Å². The highest BCUT2D eigenvalue weighted by Crippen LogP contribution is 2.26. The third kappa shape index (κ3) is 4.08. The van der Waals surface area contributed by atoms with Crippen molar-refractivity contribution in [1.82, 2.24) is 4.90 Å². The predicted molar refractivity (Wildman–Crippen MR) is 88.4 cm³/mol. The Kier molecular flexibility index (Phi) is 6.40. The number of carbonyl (C=O) groups is 1. The van der Waals surface area contributed by atoms with Crippen molar-refractivity contribution in [2.75, 3.05) is 13.1 Å². The lowest BCUT2D eigenvalue weighted by atomic mass is 10.0. The van der Waals surface area contributed by atoms with E-state index in [0.29, 0.717) is 6.54 Å². The number of hydrogen-bond acceptors (Lipinski definition) is 3. The Morgan fingerprint density at radius 1 is 1.36 bits per heavy atom. The molecule has 1 aromatic carbocycles. The van der Waals surface area contributed by atoms with Crippen LogP contribution >= 0.6 is 0 Å². The maximum absolute atomic E-state index is 12.9. The van der Waals surface area contributed by atoms with E-state index in [1.165, 1.54) is 5.56 Å². The van der Waals surface area contributed by atoms with Crippen LogP contribution in [0.25, 0.3) is 0 Å². The maximum atomic E-state index is 12.9. The van der Waals surface area contributed by atoms with Crippen LogP contribution < -0.4 is 5.73 Å². The highest BCUT2D eigenvalue weighted by atomic mass is 16.5. The van der Waals surface area contributed by atoms with Gasteiger partial charge in [-0.25, -0.2) is 0 Å². The minimum absolute atomic E-state index is 0.0361. The molecule has 4 nitrogen and oxygen atoms in total. The molecule has 1 aliphatic heterocycles. The molecular weight excluding hydrogens is 276 g/mol. The van der Waals surface area contributed by atoms with E-state index in [0.717, 1.165) is 32.2 Å². The fourth-order valence-electron chi connectivity index (χ4n) is 2.98. The van der Waals surface area contributed by atoms with Gasteiger partial charge < -0.3 is 15.4 Å². The van der Waals surface area contributed by atoms with Gasteiger partial charge in [0.15, 0.2) is 0 Å². The Balaban J connectivity index is 2.10. The zero-order valence-electron chi connectivity index (χ0n) is 13.7. The third-order valence-corrected chi connectivity index (χ3v) is 4.43. The van der Waals surface area contributed by atoms with Crippen LogP contribution in [0, 0.1) is 0 Å². The topological polar surface area (TPSA) is 55.6 Å². The van der Waals surface area contributed by atoms with Gasteiger partial charge in [-0.3, -0.25) is 4.79 Å². The van der Waals surface area contributed by atoms with Gasteiger partial charge in [-0.05, 0) is 31.7 Å². The standard InChI is InChI=1S/C18H28N2O2/c1-3-4-12-20(14(2)15-8-6-5-7-9-15)18(21)17-11-10-16(13-19)22-17/h5-9,14,16-17H,3-4,10-13,19H2,1-2H3/t14?,16-,17+/m1/s1. The Hall–Kier alpha value is -1.39. The van der Waals surface area contributed by atoms with E-state index in [-0.39, 0.29) is 24.2 Å². The van der Waals surface area contributed by atoms with Crippen molar-refractivity contribution in [2.24, 2.45) is 5.73 Å². The second-order valence-corrected chi connectivity index (χ2v) is 6.03. The molecule has 1 amide bonds. The molecule has 22 heavy (non-hydrogen) atoms. The summed E-state index contributed by atoms with van der Waals surface area (Å²) >= 11 is 0. The molecule has 0 aromatic heterocycles. The number of amides is 1. The highest BCUT2D eigenvalue weighted by molar-refractivity contribution is 5.81. The molecule has 1 aliphatic rings. The summed E-state index contributed by atoms with van der Waals surface area (Å²) in [5.41, 5.74) is 6.82. The van der Waals surface area contributed by atoms with E-state index in [1.807, 2.05) is 23.1 Å². The third-order valence-electron chi connectivity index (χ3n) is 4.43. The van der Waals surface area contributed by atoms with Crippen LogP contribution in [0.15, 0.2) is 30.3 Å². The van der Waals surface area contributed by atoms with E-state index >= 15 is 0 Å². The van der Waals surface area contributed by atoms with E-state index < -0.39 is 0 Å². The van der Waals surface area contributed by atoms with Crippen molar-refractivity contribution < 1.29 is 9.53 Å². The van der Waals surface area contributed by atoms with Crippen LogP contribution in [-0.4, -0.2) is 36.1 Å². The van der Waals surface area contributed by atoms with Crippen LogP contribution in [0.1, 0.15) is 51.1 Å². The summed E-state index contributed by atoms with van der Waals surface area (Å²) in [6, 6.07) is 10.3. The van der Waals surface area contributed by atoms with Crippen molar-refractivity contribution in [1.29, 1.82) is 0 Å². The molecule has 1 unspecified atom stereocenters. The number of carbonyl (C=O) groups excluding carboxylic acids is 1. The summed E-state index contributed by atoms with van der Waals surface area (Å²) in [5.74, 6) is 0.112. The fourth-order valence-corrected chi connectivity index (χ4v) is 2.98. The molecule has 3 atom stereocenters. The van der Waals surface area contributed by atoms with Gasteiger partial charge in [0.05, 0.1) is 12.1 Å². The molecule has 0 aliphatic carbocycles. The zero-order chi connectivity index (χ0) is 15.9. The van der Waals surface area contributed by atoms with Crippen molar-refractivity contribution in [3.05, 3.63) is 35.9 Å². The second-order valence-electron chi connectivity index (χ2n) is 6.03. The lowest BCUT2D eigenvalue weighted by Crippen LogP contribution is -2.41. The van der Waals surface area contributed by atoms with Gasteiger partial charge in [-0.2, -0.15) is 0 Å². The van der Waals surface area contributed by atoms with Gasteiger partial charge in [0.2, 0.25) is 0 Å². The summed E-state index contributed by atoms with van der Waals surface area (Å²) < 4.78 is 5.80. The minimum atomic E-state index is -0.323. The first-order valence-electron chi connectivity index (χ1n) is 8.38. The lowest BCUT2D eigenvalue weighted by Gasteiger charge is -2.31. The quantitative estimate of drug-likeness (QED) is 0.842. The van der Waals surface area contributed by atoms with Crippen molar-refractivity contribution in [2.45, 2.75) is 57.8 Å².